The van der Waals surface area contributed by atoms with Crippen LogP contribution in [0.1, 0.15) is 48.9 Å². The zero-order chi connectivity index (χ0) is 24.5. The van der Waals surface area contributed by atoms with Crippen molar-refractivity contribution >= 4 is 33.2 Å². The van der Waals surface area contributed by atoms with Gasteiger partial charge in [0.25, 0.3) is 0 Å². The number of benzene rings is 2. The van der Waals surface area contributed by atoms with Crippen molar-refractivity contribution in [2.45, 2.75) is 50.0 Å². The highest BCUT2D eigenvalue weighted by atomic mass is 35.5. The van der Waals surface area contributed by atoms with Crippen molar-refractivity contribution in [3.05, 3.63) is 51.0 Å². The highest BCUT2D eigenvalue weighted by molar-refractivity contribution is 7.89. The molecule has 0 aromatic heterocycles. The number of ether oxygens (including phenoxy) is 2. The summed E-state index contributed by atoms with van der Waals surface area (Å²) in [4.78, 5) is 2.61. The summed E-state index contributed by atoms with van der Waals surface area (Å²) in [6, 6.07) is 7.08. The average molecular weight is 528 g/mol. The Morgan fingerprint density at radius 3 is 2.62 bits per heavy atom. The van der Waals surface area contributed by atoms with Crippen LogP contribution < -0.4 is 9.47 Å². The van der Waals surface area contributed by atoms with E-state index in [0.717, 1.165) is 56.7 Å². The van der Waals surface area contributed by atoms with Crippen molar-refractivity contribution in [3.63, 3.8) is 0 Å². The van der Waals surface area contributed by atoms with Gasteiger partial charge in [-0.2, -0.15) is 4.31 Å². The standard InChI is InChI=1S/C25H32Cl2N2O4S/c1-4-29(34(30,31)23-16-18(26)7-9-20(23)27)13-6-5-12-28-14-11-17-15-22(32-2)25(33-3)19-8-10-21(28)24(17)19/h7,9,15-16,21H,4-6,8,10-14H2,1-3H3. The van der Waals surface area contributed by atoms with Gasteiger partial charge in [0, 0.05) is 36.3 Å². The fourth-order valence-electron chi connectivity index (χ4n) is 5.36. The van der Waals surface area contributed by atoms with Crippen LogP contribution in [0.3, 0.4) is 0 Å². The second-order valence-electron chi connectivity index (χ2n) is 8.78. The van der Waals surface area contributed by atoms with Gasteiger partial charge < -0.3 is 9.47 Å². The maximum absolute atomic E-state index is 13.1. The van der Waals surface area contributed by atoms with Gasteiger partial charge in [-0.15, -0.1) is 0 Å². The quantitative estimate of drug-likeness (QED) is 0.390. The van der Waals surface area contributed by atoms with Crippen molar-refractivity contribution in [1.82, 2.24) is 9.21 Å². The second-order valence-corrected chi connectivity index (χ2v) is 11.5. The average Bonchev–Trinajstić information content (AvgIpc) is 3.27. The van der Waals surface area contributed by atoms with Crippen molar-refractivity contribution in [1.29, 1.82) is 0 Å². The molecule has 0 N–H and O–H groups in total. The molecule has 2 aromatic carbocycles. The number of hydrogen-bond acceptors (Lipinski definition) is 5. The van der Waals surface area contributed by atoms with E-state index >= 15 is 0 Å². The SMILES string of the molecule is CCN(CCCCN1CCc2cc(OC)c(OC)c3c2C1CC3)S(=O)(=O)c1cc(Cl)ccc1Cl. The molecule has 1 aliphatic carbocycles. The van der Waals surface area contributed by atoms with Gasteiger partial charge in [-0.25, -0.2) is 8.42 Å². The number of methoxy groups -OCH3 is 2. The molecule has 0 spiro atoms. The zero-order valence-electron chi connectivity index (χ0n) is 19.9. The molecule has 1 aliphatic heterocycles. The van der Waals surface area contributed by atoms with E-state index in [0.29, 0.717) is 24.2 Å². The molecular formula is C25H32Cl2N2O4S. The third kappa shape index (κ3) is 4.78. The van der Waals surface area contributed by atoms with Gasteiger partial charge in [0.2, 0.25) is 10.0 Å². The Balaban J connectivity index is 1.39. The van der Waals surface area contributed by atoms with Gasteiger partial charge in [0.15, 0.2) is 11.5 Å². The fourth-order valence-corrected chi connectivity index (χ4v) is 7.58. The van der Waals surface area contributed by atoms with Crippen LogP contribution in [0.4, 0.5) is 0 Å². The van der Waals surface area contributed by atoms with E-state index < -0.39 is 10.0 Å². The zero-order valence-corrected chi connectivity index (χ0v) is 22.3. The molecule has 0 radical (unpaired) electrons. The highest BCUT2D eigenvalue weighted by Gasteiger charge is 2.36. The van der Waals surface area contributed by atoms with Crippen molar-refractivity contribution in [3.8, 4) is 11.5 Å². The minimum Gasteiger partial charge on any atom is -0.493 e. The number of unbranched alkanes of at least 4 members (excludes halogenated alkanes) is 1. The number of rotatable bonds is 10. The highest BCUT2D eigenvalue weighted by Crippen LogP contribution is 2.48. The van der Waals surface area contributed by atoms with Gasteiger partial charge in [0.05, 0.1) is 19.2 Å². The summed E-state index contributed by atoms with van der Waals surface area (Å²) in [7, 11) is -0.293. The van der Waals surface area contributed by atoms with E-state index in [1.807, 2.05) is 6.92 Å². The normalized spacial score (nSPS) is 17.8. The molecule has 186 valence electrons. The van der Waals surface area contributed by atoms with E-state index in [4.69, 9.17) is 32.7 Å². The van der Waals surface area contributed by atoms with Crippen LogP contribution in [0.2, 0.25) is 10.0 Å². The van der Waals surface area contributed by atoms with E-state index in [-0.39, 0.29) is 9.92 Å². The van der Waals surface area contributed by atoms with Crippen molar-refractivity contribution in [2.75, 3.05) is 40.4 Å². The molecule has 0 saturated heterocycles. The van der Waals surface area contributed by atoms with Crippen LogP contribution in [-0.2, 0) is 22.9 Å². The number of nitrogens with zero attached hydrogens (tertiary/aromatic N) is 2. The van der Waals surface area contributed by atoms with E-state index in [2.05, 4.69) is 11.0 Å². The molecule has 1 unspecified atom stereocenters. The van der Waals surface area contributed by atoms with Gasteiger partial charge >= 0.3 is 0 Å². The third-order valence-electron chi connectivity index (χ3n) is 6.98. The Hall–Kier alpha value is -1.51. The van der Waals surface area contributed by atoms with Crippen molar-refractivity contribution < 1.29 is 17.9 Å². The molecule has 2 aromatic rings. The molecule has 0 saturated carbocycles. The first-order chi connectivity index (χ1) is 16.3. The van der Waals surface area contributed by atoms with Crippen molar-refractivity contribution in [2.24, 2.45) is 0 Å². The van der Waals surface area contributed by atoms with Crippen LogP contribution >= 0.6 is 23.2 Å². The summed E-state index contributed by atoms with van der Waals surface area (Å²) < 4.78 is 39.0. The summed E-state index contributed by atoms with van der Waals surface area (Å²) >= 11 is 12.2. The largest absolute Gasteiger partial charge is 0.493 e. The predicted octanol–water partition coefficient (Wildman–Crippen LogP) is 5.35. The smallest absolute Gasteiger partial charge is 0.244 e. The molecule has 2 aliphatic rings. The van der Waals surface area contributed by atoms with E-state index in [9.17, 15) is 8.42 Å². The molecule has 9 heteroatoms. The Kier molecular flexibility index (Phi) is 7.99. The summed E-state index contributed by atoms with van der Waals surface area (Å²) in [5.41, 5.74) is 4.07. The van der Waals surface area contributed by atoms with Crippen LogP contribution in [0, 0.1) is 0 Å². The maximum atomic E-state index is 13.1. The lowest BCUT2D eigenvalue weighted by molar-refractivity contribution is 0.180. The molecule has 0 bridgehead atoms. The third-order valence-corrected chi connectivity index (χ3v) is 9.67. The fraction of sp³-hybridized carbons (Fsp3) is 0.520. The van der Waals surface area contributed by atoms with Gasteiger partial charge in [-0.1, -0.05) is 30.1 Å². The topological polar surface area (TPSA) is 59.1 Å². The maximum Gasteiger partial charge on any atom is 0.244 e. The number of sulfonamides is 1. The van der Waals surface area contributed by atoms with E-state index in [1.54, 1.807) is 20.3 Å². The first-order valence-electron chi connectivity index (χ1n) is 11.8. The first-order valence-corrected chi connectivity index (χ1v) is 14.0. The lowest BCUT2D eigenvalue weighted by Gasteiger charge is -2.35. The Morgan fingerprint density at radius 1 is 1.12 bits per heavy atom. The summed E-state index contributed by atoms with van der Waals surface area (Å²) in [6.07, 6.45) is 4.76. The molecule has 4 rings (SSSR count). The summed E-state index contributed by atoms with van der Waals surface area (Å²) in [5, 5.41) is 0.550. The first kappa shape index (κ1) is 25.6. The van der Waals surface area contributed by atoms with Crippen LogP contribution in [-0.4, -0.2) is 58.0 Å². The minimum absolute atomic E-state index is 0.0685. The number of halogens is 2. The molecule has 6 nitrogen and oxygen atoms in total. The molecule has 1 atom stereocenters. The minimum atomic E-state index is -3.69. The monoisotopic (exact) mass is 526 g/mol. The Bertz CT molecular complexity index is 1160. The van der Waals surface area contributed by atoms with Gasteiger partial charge in [-0.3, -0.25) is 4.90 Å². The lowest BCUT2D eigenvalue weighted by Crippen LogP contribution is -2.36. The Labute approximate surface area is 212 Å². The van der Waals surface area contributed by atoms with Gasteiger partial charge in [-0.05, 0) is 74.0 Å². The van der Waals surface area contributed by atoms with Gasteiger partial charge in [0.1, 0.15) is 4.90 Å². The van der Waals surface area contributed by atoms with Crippen LogP contribution in [0.25, 0.3) is 0 Å². The molecule has 1 heterocycles. The summed E-state index contributed by atoms with van der Waals surface area (Å²) in [5.74, 6) is 1.69. The van der Waals surface area contributed by atoms with Crippen LogP contribution in [0.15, 0.2) is 29.2 Å². The van der Waals surface area contributed by atoms with E-state index in [1.165, 1.54) is 33.1 Å². The molecule has 34 heavy (non-hydrogen) atoms. The Morgan fingerprint density at radius 2 is 1.91 bits per heavy atom. The summed E-state index contributed by atoms with van der Waals surface area (Å²) in [6.45, 7) is 4.62. The lowest BCUT2D eigenvalue weighted by atomic mass is 9.92. The second kappa shape index (κ2) is 10.6. The number of hydrogen-bond donors (Lipinski definition) is 0. The molecule has 0 fully saturated rings. The molecular weight excluding hydrogens is 495 g/mol. The predicted molar refractivity (Wildman–Crippen MR) is 136 cm³/mol. The molecule has 0 amide bonds. The van der Waals surface area contributed by atoms with Crippen LogP contribution in [0.5, 0.6) is 11.5 Å².